The van der Waals surface area contributed by atoms with Gasteiger partial charge in [0.15, 0.2) is 0 Å². The van der Waals surface area contributed by atoms with Gasteiger partial charge in [0.2, 0.25) is 10.0 Å². The Labute approximate surface area is 118 Å². The van der Waals surface area contributed by atoms with Crippen molar-refractivity contribution in [2.45, 2.75) is 18.7 Å². The third-order valence-corrected chi connectivity index (χ3v) is 5.22. The highest BCUT2D eigenvalue weighted by Gasteiger charge is 2.25. The van der Waals surface area contributed by atoms with Gasteiger partial charge in [0.25, 0.3) is 0 Å². The summed E-state index contributed by atoms with van der Waals surface area (Å²) in [5, 5.41) is 0. The first-order valence-electron chi connectivity index (χ1n) is 5.68. The molecule has 0 aliphatic heterocycles. The van der Waals surface area contributed by atoms with Gasteiger partial charge in [-0.25, -0.2) is 17.1 Å². The van der Waals surface area contributed by atoms with Crippen LogP contribution in [-0.2, 0) is 10.0 Å². The Morgan fingerprint density at radius 3 is 2.63 bits per heavy atom. The highest BCUT2D eigenvalue weighted by molar-refractivity contribution is 7.89. The highest BCUT2D eigenvalue weighted by atomic mass is 32.2. The van der Waals surface area contributed by atoms with E-state index in [0.29, 0.717) is 5.56 Å². The smallest absolute Gasteiger partial charge is 0.243 e. The summed E-state index contributed by atoms with van der Waals surface area (Å²) in [6, 6.07) is 3.69. The van der Waals surface area contributed by atoms with E-state index in [1.807, 2.05) is 0 Å². The van der Waals surface area contributed by atoms with E-state index in [1.54, 1.807) is 13.8 Å². The molecule has 7 heteroatoms. The predicted octanol–water partition coefficient (Wildman–Crippen LogP) is 1.68. The molecule has 1 unspecified atom stereocenters. The molecule has 0 spiro atoms. The van der Waals surface area contributed by atoms with E-state index in [0.717, 1.165) is 10.4 Å². The van der Waals surface area contributed by atoms with Crippen molar-refractivity contribution in [3.05, 3.63) is 29.6 Å². The molecule has 0 saturated carbocycles. The van der Waals surface area contributed by atoms with E-state index in [-0.39, 0.29) is 22.3 Å². The quantitative estimate of drug-likeness (QED) is 0.841. The Balaban J connectivity index is 3.10. The van der Waals surface area contributed by atoms with Gasteiger partial charge in [-0.2, -0.15) is 0 Å². The van der Waals surface area contributed by atoms with Crippen molar-refractivity contribution < 1.29 is 12.8 Å². The summed E-state index contributed by atoms with van der Waals surface area (Å²) in [5.74, 6) is -0.830. The molecule has 0 aliphatic rings. The molecule has 1 aromatic carbocycles. The second-order valence-corrected chi connectivity index (χ2v) is 6.98. The minimum Gasteiger partial charge on any atom is -0.393 e. The maximum atomic E-state index is 13.2. The lowest BCUT2D eigenvalue weighted by Crippen LogP contribution is -2.35. The molecule has 106 valence electrons. The van der Waals surface area contributed by atoms with Crippen LogP contribution in [0.25, 0.3) is 0 Å². The first-order chi connectivity index (χ1) is 8.66. The minimum atomic E-state index is -3.74. The van der Waals surface area contributed by atoms with Gasteiger partial charge in [0.05, 0.1) is 9.88 Å². The van der Waals surface area contributed by atoms with Crippen LogP contribution in [0.4, 0.5) is 4.39 Å². The lowest BCUT2D eigenvalue weighted by molar-refractivity contribution is 0.444. The molecule has 0 saturated heterocycles. The summed E-state index contributed by atoms with van der Waals surface area (Å²) in [7, 11) is -2.32. The molecule has 4 nitrogen and oxygen atoms in total. The van der Waals surface area contributed by atoms with Crippen LogP contribution >= 0.6 is 12.2 Å². The maximum absolute atomic E-state index is 13.2. The molecule has 1 rings (SSSR count). The zero-order chi connectivity index (χ0) is 14.8. The molecule has 0 amide bonds. The highest BCUT2D eigenvalue weighted by Crippen LogP contribution is 2.20. The number of rotatable bonds is 5. The number of aryl methyl sites for hydroxylation is 1. The summed E-state index contributed by atoms with van der Waals surface area (Å²) in [6.07, 6.45) is 0. The van der Waals surface area contributed by atoms with Gasteiger partial charge in [0, 0.05) is 19.5 Å². The van der Waals surface area contributed by atoms with Crippen LogP contribution in [0.5, 0.6) is 0 Å². The lowest BCUT2D eigenvalue weighted by Gasteiger charge is -2.21. The van der Waals surface area contributed by atoms with Gasteiger partial charge in [-0.15, -0.1) is 0 Å². The van der Waals surface area contributed by atoms with Crippen LogP contribution in [0.1, 0.15) is 12.5 Å². The first kappa shape index (κ1) is 16.0. The fourth-order valence-corrected chi connectivity index (χ4v) is 3.16. The van der Waals surface area contributed by atoms with Crippen LogP contribution < -0.4 is 5.73 Å². The van der Waals surface area contributed by atoms with Gasteiger partial charge >= 0.3 is 0 Å². The number of halogens is 1. The van der Waals surface area contributed by atoms with E-state index in [4.69, 9.17) is 18.0 Å². The number of nitrogens with two attached hydrogens (primary N) is 1. The number of benzene rings is 1. The molecule has 0 fully saturated rings. The Hall–Kier alpha value is -1.05. The van der Waals surface area contributed by atoms with Crippen LogP contribution in [0.2, 0.25) is 0 Å². The first-order valence-corrected chi connectivity index (χ1v) is 7.53. The Bertz CT molecular complexity index is 587. The second kappa shape index (κ2) is 5.94. The van der Waals surface area contributed by atoms with Crippen molar-refractivity contribution in [1.29, 1.82) is 0 Å². The minimum absolute atomic E-state index is 0.0369. The lowest BCUT2D eigenvalue weighted by atomic mass is 10.2. The molecular formula is C12H17FN2O2S2. The number of hydrogen-bond donors (Lipinski definition) is 1. The summed E-state index contributed by atoms with van der Waals surface area (Å²) in [5.41, 5.74) is 5.97. The molecule has 19 heavy (non-hydrogen) atoms. The third-order valence-electron chi connectivity index (χ3n) is 2.86. The molecule has 0 aromatic heterocycles. The third kappa shape index (κ3) is 3.71. The van der Waals surface area contributed by atoms with Gasteiger partial charge < -0.3 is 5.73 Å². The second-order valence-electron chi connectivity index (χ2n) is 4.50. The van der Waals surface area contributed by atoms with E-state index in [1.165, 1.54) is 19.2 Å². The number of nitrogens with zero attached hydrogens (tertiary/aromatic N) is 1. The summed E-state index contributed by atoms with van der Waals surface area (Å²) in [6.45, 7) is 3.53. The van der Waals surface area contributed by atoms with Gasteiger partial charge in [-0.05, 0) is 24.6 Å². The normalized spacial score (nSPS) is 13.5. The SMILES string of the molecule is Cc1ccc(F)cc1S(=O)(=O)N(C)CC(C)C(N)=S. The Morgan fingerprint density at radius 2 is 2.11 bits per heavy atom. The van der Waals surface area contributed by atoms with E-state index >= 15 is 0 Å². The van der Waals surface area contributed by atoms with Crippen molar-refractivity contribution in [1.82, 2.24) is 4.31 Å². The van der Waals surface area contributed by atoms with E-state index in [2.05, 4.69) is 0 Å². The molecular weight excluding hydrogens is 287 g/mol. The van der Waals surface area contributed by atoms with Crippen molar-refractivity contribution >= 4 is 27.2 Å². The Morgan fingerprint density at radius 1 is 1.53 bits per heavy atom. The van der Waals surface area contributed by atoms with E-state index in [9.17, 15) is 12.8 Å². The van der Waals surface area contributed by atoms with Crippen molar-refractivity contribution in [3.8, 4) is 0 Å². The zero-order valence-corrected chi connectivity index (χ0v) is 12.7. The monoisotopic (exact) mass is 304 g/mol. The van der Waals surface area contributed by atoms with Gasteiger partial charge in [0.1, 0.15) is 5.82 Å². The predicted molar refractivity (Wildman–Crippen MR) is 76.9 cm³/mol. The Kier molecular flexibility index (Phi) is 5.00. The zero-order valence-electron chi connectivity index (χ0n) is 11.1. The summed E-state index contributed by atoms with van der Waals surface area (Å²) in [4.78, 5) is 0.211. The average Bonchev–Trinajstić information content (AvgIpc) is 2.31. The fraction of sp³-hybridized carbons (Fsp3) is 0.417. The van der Waals surface area contributed by atoms with Crippen LogP contribution in [0, 0.1) is 18.7 Å². The summed E-state index contributed by atoms with van der Waals surface area (Å²) < 4.78 is 39.0. The number of sulfonamides is 1. The van der Waals surface area contributed by atoms with Crippen LogP contribution in [0.15, 0.2) is 23.1 Å². The fourth-order valence-electron chi connectivity index (χ4n) is 1.59. The molecule has 1 atom stereocenters. The van der Waals surface area contributed by atoms with Gasteiger partial charge in [-0.1, -0.05) is 25.2 Å². The molecule has 0 aliphatic carbocycles. The van der Waals surface area contributed by atoms with Crippen LogP contribution in [0.3, 0.4) is 0 Å². The number of hydrogen-bond acceptors (Lipinski definition) is 3. The standard InChI is InChI=1S/C12H17FN2O2S2/c1-8-4-5-10(13)6-11(8)19(16,17)15(3)7-9(2)12(14)18/h4-6,9H,7H2,1-3H3,(H2,14,18). The summed E-state index contributed by atoms with van der Waals surface area (Å²) >= 11 is 4.82. The van der Waals surface area contributed by atoms with Crippen molar-refractivity contribution in [2.75, 3.05) is 13.6 Å². The van der Waals surface area contributed by atoms with Crippen LogP contribution in [-0.4, -0.2) is 31.3 Å². The molecule has 0 heterocycles. The largest absolute Gasteiger partial charge is 0.393 e. The van der Waals surface area contributed by atoms with Crippen molar-refractivity contribution in [3.63, 3.8) is 0 Å². The van der Waals surface area contributed by atoms with Gasteiger partial charge in [-0.3, -0.25) is 0 Å². The van der Waals surface area contributed by atoms with Crippen molar-refractivity contribution in [2.24, 2.45) is 11.7 Å². The molecule has 0 radical (unpaired) electrons. The number of thiocarbonyl (C=S) groups is 1. The molecule has 0 bridgehead atoms. The average molecular weight is 304 g/mol. The maximum Gasteiger partial charge on any atom is 0.243 e. The topological polar surface area (TPSA) is 63.4 Å². The molecule has 2 N–H and O–H groups in total. The molecule has 1 aromatic rings. The van der Waals surface area contributed by atoms with E-state index < -0.39 is 15.8 Å².